The molecule has 1 N–H and O–H groups in total. The average molecular weight is 291 g/mol. The van der Waals surface area contributed by atoms with Gasteiger partial charge in [-0.25, -0.2) is 0 Å². The van der Waals surface area contributed by atoms with Crippen LogP contribution in [0.1, 0.15) is 17.3 Å². The first-order chi connectivity index (χ1) is 8.27. The van der Waals surface area contributed by atoms with Crippen molar-refractivity contribution in [2.45, 2.75) is 17.8 Å². The SMILES string of the molecule is C[C@H](O)[C@H]([Se]c1ccccc1)c1ccccc1. The fraction of sp³-hybridized carbons (Fsp3) is 0.200. The molecule has 2 rings (SSSR count). The fourth-order valence-electron chi connectivity index (χ4n) is 1.73. The van der Waals surface area contributed by atoms with E-state index in [-0.39, 0.29) is 25.9 Å². The van der Waals surface area contributed by atoms with Gasteiger partial charge in [-0.05, 0) is 0 Å². The van der Waals surface area contributed by atoms with Crippen molar-refractivity contribution in [1.29, 1.82) is 0 Å². The summed E-state index contributed by atoms with van der Waals surface area (Å²) in [6.07, 6.45) is -0.308. The zero-order valence-corrected chi connectivity index (χ0v) is 11.5. The van der Waals surface area contributed by atoms with Crippen molar-refractivity contribution >= 4 is 19.4 Å². The van der Waals surface area contributed by atoms with Crippen molar-refractivity contribution in [3.8, 4) is 0 Å². The summed E-state index contributed by atoms with van der Waals surface area (Å²) in [4.78, 5) is 0.228. The van der Waals surface area contributed by atoms with E-state index in [1.807, 2.05) is 31.2 Å². The van der Waals surface area contributed by atoms with Crippen LogP contribution in [0.5, 0.6) is 0 Å². The molecular weight excluding hydrogens is 275 g/mol. The summed E-state index contributed by atoms with van der Waals surface area (Å²) < 4.78 is 1.33. The number of aliphatic hydroxyl groups is 1. The molecule has 0 aliphatic rings. The number of hydrogen-bond donors (Lipinski definition) is 1. The van der Waals surface area contributed by atoms with Crippen LogP contribution in [-0.2, 0) is 0 Å². The summed E-state index contributed by atoms with van der Waals surface area (Å²) in [6.45, 7) is 1.88. The Bertz CT molecular complexity index is 439. The molecule has 0 aliphatic carbocycles. The molecule has 0 fully saturated rings. The number of hydrogen-bond acceptors (Lipinski definition) is 1. The zero-order chi connectivity index (χ0) is 12.1. The van der Waals surface area contributed by atoms with Crippen molar-refractivity contribution in [3.63, 3.8) is 0 Å². The van der Waals surface area contributed by atoms with E-state index in [1.165, 1.54) is 10.0 Å². The van der Waals surface area contributed by atoms with Crippen LogP contribution in [0.3, 0.4) is 0 Å². The Morgan fingerprint density at radius 1 is 0.882 bits per heavy atom. The maximum absolute atomic E-state index is 9.94. The Labute approximate surface area is 109 Å². The van der Waals surface area contributed by atoms with E-state index in [0.717, 1.165) is 0 Å². The number of rotatable bonds is 4. The first-order valence-electron chi connectivity index (χ1n) is 5.72. The van der Waals surface area contributed by atoms with E-state index in [4.69, 9.17) is 0 Å². The van der Waals surface area contributed by atoms with Gasteiger partial charge >= 0.3 is 109 Å². The van der Waals surface area contributed by atoms with Gasteiger partial charge in [-0.1, -0.05) is 0 Å². The maximum atomic E-state index is 9.94. The van der Waals surface area contributed by atoms with E-state index in [1.54, 1.807) is 0 Å². The second-order valence-corrected chi connectivity index (χ2v) is 6.55. The average Bonchev–Trinajstić information content (AvgIpc) is 2.38. The van der Waals surface area contributed by atoms with Crippen LogP contribution in [0.15, 0.2) is 60.7 Å². The van der Waals surface area contributed by atoms with Gasteiger partial charge in [-0.2, -0.15) is 0 Å². The molecule has 0 bridgehead atoms. The molecule has 0 unspecified atom stereocenters. The predicted molar refractivity (Wildman–Crippen MR) is 72.7 cm³/mol. The molecule has 0 heterocycles. The number of benzene rings is 2. The Balaban J connectivity index is 2.20. The van der Waals surface area contributed by atoms with Crippen molar-refractivity contribution in [1.82, 2.24) is 0 Å². The molecule has 1 nitrogen and oxygen atoms in total. The minimum absolute atomic E-state index is 0.228. The summed E-state index contributed by atoms with van der Waals surface area (Å²) in [6, 6.07) is 20.7. The molecular formula is C15H16OSe. The minimum atomic E-state index is -0.308. The number of aliphatic hydroxyl groups excluding tert-OH is 1. The Hall–Kier alpha value is -1.08. The third-order valence-electron chi connectivity index (χ3n) is 2.57. The molecule has 0 spiro atoms. The van der Waals surface area contributed by atoms with Gasteiger partial charge in [0.25, 0.3) is 0 Å². The normalized spacial score (nSPS) is 14.2. The Morgan fingerprint density at radius 3 is 1.94 bits per heavy atom. The van der Waals surface area contributed by atoms with Crippen LogP contribution < -0.4 is 4.46 Å². The molecule has 0 saturated heterocycles. The van der Waals surface area contributed by atoms with E-state index in [9.17, 15) is 5.11 Å². The van der Waals surface area contributed by atoms with Crippen LogP contribution in [0.4, 0.5) is 0 Å². The van der Waals surface area contributed by atoms with E-state index < -0.39 is 0 Å². The van der Waals surface area contributed by atoms with E-state index in [2.05, 4.69) is 36.4 Å². The van der Waals surface area contributed by atoms with Gasteiger partial charge in [0.2, 0.25) is 0 Å². The Kier molecular flexibility index (Phi) is 4.38. The molecule has 0 aromatic heterocycles. The summed E-state index contributed by atoms with van der Waals surface area (Å²) in [5.74, 6) is 0. The summed E-state index contributed by atoms with van der Waals surface area (Å²) >= 11 is 0.261. The first-order valence-corrected chi connectivity index (χ1v) is 7.56. The first kappa shape index (κ1) is 12.4. The van der Waals surface area contributed by atoms with Gasteiger partial charge in [0.15, 0.2) is 0 Å². The van der Waals surface area contributed by atoms with Gasteiger partial charge in [0.1, 0.15) is 0 Å². The zero-order valence-electron chi connectivity index (χ0n) is 9.78. The van der Waals surface area contributed by atoms with E-state index in [0.29, 0.717) is 0 Å². The second kappa shape index (κ2) is 6.02. The second-order valence-electron chi connectivity index (χ2n) is 4.00. The molecule has 17 heavy (non-hydrogen) atoms. The quantitative estimate of drug-likeness (QED) is 0.856. The van der Waals surface area contributed by atoms with Gasteiger partial charge in [0.05, 0.1) is 0 Å². The monoisotopic (exact) mass is 292 g/mol. The molecule has 0 saturated carbocycles. The standard InChI is InChI=1S/C15H16OSe/c1-12(16)15(13-8-4-2-5-9-13)17-14-10-6-3-7-11-14/h2-12,15-16H,1H3/t12-,15-/m0/s1. The van der Waals surface area contributed by atoms with Crippen LogP contribution in [0.2, 0.25) is 0 Å². The summed E-state index contributed by atoms with van der Waals surface area (Å²) in [7, 11) is 0. The molecule has 2 aromatic rings. The van der Waals surface area contributed by atoms with Crippen molar-refractivity contribution < 1.29 is 5.11 Å². The fourth-order valence-corrected chi connectivity index (χ4v) is 4.04. The van der Waals surface area contributed by atoms with Crippen molar-refractivity contribution in [3.05, 3.63) is 66.2 Å². The molecule has 88 valence electrons. The third kappa shape index (κ3) is 3.44. The predicted octanol–water partition coefficient (Wildman–Crippen LogP) is 2.14. The van der Waals surface area contributed by atoms with Gasteiger partial charge < -0.3 is 0 Å². The van der Waals surface area contributed by atoms with Crippen LogP contribution in [0.25, 0.3) is 0 Å². The molecule has 2 atom stereocenters. The molecule has 0 aliphatic heterocycles. The third-order valence-corrected chi connectivity index (χ3v) is 5.64. The van der Waals surface area contributed by atoms with Crippen molar-refractivity contribution in [2.75, 3.05) is 0 Å². The van der Waals surface area contributed by atoms with Crippen LogP contribution >= 0.6 is 0 Å². The molecule has 0 radical (unpaired) electrons. The van der Waals surface area contributed by atoms with Crippen LogP contribution in [-0.4, -0.2) is 26.2 Å². The molecule has 2 aromatic carbocycles. The molecule has 2 heteroatoms. The van der Waals surface area contributed by atoms with Gasteiger partial charge in [-0.15, -0.1) is 0 Å². The van der Waals surface area contributed by atoms with Gasteiger partial charge in [0, 0.05) is 0 Å². The van der Waals surface area contributed by atoms with Gasteiger partial charge in [-0.3, -0.25) is 0 Å². The van der Waals surface area contributed by atoms with E-state index >= 15 is 0 Å². The van der Waals surface area contributed by atoms with Crippen LogP contribution in [0, 0.1) is 0 Å². The summed E-state index contributed by atoms with van der Waals surface area (Å²) in [5.41, 5.74) is 1.23. The topological polar surface area (TPSA) is 20.2 Å². The molecule has 0 amide bonds. The summed E-state index contributed by atoms with van der Waals surface area (Å²) in [5, 5.41) is 9.94. The van der Waals surface area contributed by atoms with Crippen molar-refractivity contribution in [2.24, 2.45) is 0 Å². The Morgan fingerprint density at radius 2 is 1.41 bits per heavy atom.